The van der Waals surface area contributed by atoms with Crippen LogP contribution in [-0.4, -0.2) is 84.7 Å². The molecule has 1 aromatic carbocycles. The molecule has 1 aliphatic heterocycles. The molecular weight excluding hydrogens is 381 g/mol. The normalized spacial score (nSPS) is 21.2. The van der Waals surface area contributed by atoms with E-state index in [-0.39, 0.29) is 38.4 Å². The Labute approximate surface area is 169 Å². The number of para-hydroxylation sites is 1. The van der Waals surface area contributed by atoms with E-state index in [0.29, 0.717) is 18.8 Å². The zero-order valence-electron chi connectivity index (χ0n) is 16.8. The highest BCUT2D eigenvalue weighted by atomic mass is 19.1. The molecule has 0 bridgehead atoms. The molecule has 1 fully saturated rings. The van der Waals surface area contributed by atoms with Crippen LogP contribution in [0.25, 0.3) is 0 Å². The van der Waals surface area contributed by atoms with Crippen LogP contribution < -0.4 is 10.1 Å². The van der Waals surface area contributed by atoms with Gasteiger partial charge < -0.3 is 25.0 Å². The lowest BCUT2D eigenvalue weighted by molar-refractivity contribution is -0.148. The van der Waals surface area contributed by atoms with Gasteiger partial charge in [-0.25, -0.2) is 9.18 Å². The van der Waals surface area contributed by atoms with Crippen molar-refractivity contribution in [2.75, 3.05) is 40.3 Å². The molecule has 1 saturated heterocycles. The van der Waals surface area contributed by atoms with Crippen LogP contribution in [0.4, 0.5) is 4.39 Å². The van der Waals surface area contributed by atoms with Gasteiger partial charge in [0.2, 0.25) is 11.8 Å². The van der Waals surface area contributed by atoms with E-state index in [1.54, 1.807) is 19.0 Å². The fraction of sp³-hybridized carbons (Fsp3) is 0.550. The summed E-state index contributed by atoms with van der Waals surface area (Å²) in [5.74, 6) is -1.49. The standard InChI is InChI=1S/C20H28FN3O5/c1-23(2)13-20(21)11-16(19(27)28)24(14-20)18(26)12-22-17(25)9-6-10-29-15-7-4-3-5-8-15/h3-5,7-8,16H,6,9-14H2,1-2H3,(H,22,25)(H,27,28)/t16-,20-/m0/s1. The number of amides is 2. The van der Waals surface area contributed by atoms with Crippen molar-refractivity contribution in [2.45, 2.75) is 31.0 Å². The predicted octanol–water partition coefficient (Wildman–Crippen LogP) is 0.917. The van der Waals surface area contributed by atoms with Crippen LogP contribution in [0.3, 0.4) is 0 Å². The highest BCUT2D eigenvalue weighted by molar-refractivity contribution is 5.88. The number of aliphatic carboxylic acids is 1. The van der Waals surface area contributed by atoms with E-state index in [1.165, 1.54) is 0 Å². The Morgan fingerprint density at radius 2 is 2.00 bits per heavy atom. The number of carbonyl (C=O) groups is 3. The summed E-state index contributed by atoms with van der Waals surface area (Å²) in [5, 5.41) is 11.8. The van der Waals surface area contributed by atoms with Crippen LogP contribution in [0.5, 0.6) is 5.75 Å². The third kappa shape index (κ3) is 7.01. The Morgan fingerprint density at radius 1 is 1.31 bits per heavy atom. The summed E-state index contributed by atoms with van der Waals surface area (Å²) >= 11 is 0. The largest absolute Gasteiger partial charge is 0.494 e. The second-order valence-electron chi connectivity index (χ2n) is 7.51. The predicted molar refractivity (Wildman–Crippen MR) is 104 cm³/mol. The summed E-state index contributed by atoms with van der Waals surface area (Å²) in [6, 6.07) is 7.97. The third-order valence-corrected chi connectivity index (χ3v) is 4.59. The van der Waals surface area contributed by atoms with Gasteiger partial charge in [0.15, 0.2) is 0 Å². The number of ether oxygens (including phenoxy) is 1. The number of carboxylic acid groups (broad SMARTS) is 1. The molecular formula is C20H28FN3O5. The summed E-state index contributed by atoms with van der Waals surface area (Å²) in [6.07, 6.45) is 0.361. The van der Waals surface area contributed by atoms with Crippen molar-refractivity contribution in [1.82, 2.24) is 15.1 Å². The molecule has 160 valence electrons. The van der Waals surface area contributed by atoms with E-state index in [1.807, 2.05) is 30.3 Å². The molecule has 0 aliphatic carbocycles. The van der Waals surface area contributed by atoms with Crippen LogP contribution in [0, 0.1) is 0 Å². The molecule has 8 nitrogen and oxygen atoms in total. The van der Waals surface area contributed by atoms with Gasteiger partial charge in [-0.1, -0.05) is 18.2 Å². The van der Waals surface area contributed by atoms with Gasteiger partial charge in [-0.15, -0.1) is 0 Å². The first kappa shape index (κ1) is 22.6. The molecule has 0 saturated carbocycles. The fourth-order valence-electron chi connectivity index (χ4n) is 3.40. The van der Waals surface area contributed by atoms with Crippen LogP contribution in [0.15, 0.2) is 30.3 Å². The minimum absolute atomic E-state index is 0.0222. The van der Waals surface area contributed by atoms with Crippen molar-refractivity contribution in [1.29, 1.82) is 0 Å². The maximum absolute atomic E-state index is 14.9. The number of carbonyl (C=O) groups excluding carboxylic acids is 2. The highest BCUT2D eigenvalue weighted by Gasteiger charge is 2.49. The topological polar surface area (TPSA) is 99.2 Å². The number of nitrogens with one attached hydrogen (secondary N) is 1. The average molecular weight is 409 g/mol. The van der Waals surface area contributed by atoms with E-state index < -0.39 is 23.6 Å². The van der Waals surface area contributed by atoms with Crippen molar-refractivity contribution in [2.24, 2.45) is 0 Å². The molecule has 0 spiro atoms. The van der Waals surface area contributed by atoms with Gasteiger partial charge >= 0.3 is 5.97 Å². The van der Waals surface area contributed by atoms with Crippen LogP contribution in [-0.2, 0) is 14.4 Å². The molecule has 1 heterocycles. The summed E-state index contributed by atoms with van der Waals surface area (Å²) in [5.41, 5.74) is -1.79. The van der Waals surface area contributed by atoms with E-state index in [2.05, 4.69) is 5.32 Å². The zero-order valence-corrected chi connectivity index (χ0v) is 16.8. The minimum Gasteiger partial charge on any atom is -0.494 e. The lowest BCUT2D eigenvalue weighted by Gasteiger charge is -2.24. The van der Waals surface area contributed by atoms with Crippen LogP contribution in [0.1, 0.15) is 19.3 Å². The van der Waals surface area contributed by atoms with Crippen molar-refractivity contribution in [3.63, 3.8) is 0 Å². The first-order chi connectivity index (χ1) is 13.7. The van der Waals surface area contributed by atoms with Gasteiger partial charge in [0, 0.05) is 19.4 Å². The molecule has 2 rings (SSSR count). The third-order valence-electron chi connectivity index (χ3n) is 4.59. The molecule has 2 atom stereocenters. The average Bonchev–Trinajstić information content (AvgIpc) is 3.01. The van der Waals surface area contributed by atoms with Gasteiger partial charge in [0.05, 0.1) is 19.7 Å². The Bertz CT molecular complexity index is 715. The summed E-state index contributed by atoms with van der Waals surface area (Å²) in [6.45, 7) is -0.288. The van der Waals surface area contributed by atoms with Crippen molar-refractivity contribution >= 4 is 17.8 Å². The number of alkyl halides is 1. The van der Waals surface area contributed by atoms with Crippen molar-refractivity contribution in [3.05, 3.63) is 30.3 Å². The van der Waals surface area contributed by atoms with Gasteiger partial charge in [-0.2, -0.15) is 0 Å². The van der Waals surface area contributed by atoms with Crippen LogP contribution in [0.2, 0.25) is 0 Å². The first-order valence-corrected chi connectivity index (χ1v) is 9.51. The number of hydrogen-bond acceptors (Lipinski definition) is 5. The Kier molecular flexibility index (Phi) is 7.95. The molecule has 2 N–H and O–H groups in total. The molecule has 0 unspecified atom stereocenters. The Hall–Kier alpha value is -2.68. The van der Waals surface area contributed by atoms with E-state index in [4.69, 9.17) is 4.74 Å². The number of carboxylic acids is 1. The fourth-order valence-corrected chi connectivity index (χ4v) is 3.40. The molecule has 0 radical (unpaired) electrons. The second-order valence-corrected chi connectivity index (χ2v) is 7.51. The monoisotopic (exact) mass is 409 g/mol. The minimum atomic E-state index is -1.79. The molecule has 1 aromatic rings. The first-order valence-electron chi connectivity index (χ1n) is 9.51. The number of likely N-dealkylation sites (tertiary alicyclic amines) is 1. The number of halogens is 1. The SMILES string of the molecule is CN(C)C[C@@]1(F)C[C@@H](C(=O)O)N(C(=O)CNC(=O)CCCOc2ccccc2)C1. The maximum atomic E-state index is 14.9. The number of benzene rings is 1. The number of rotatable bonds is 10. The molecule has 1 aliphatic rings. The highest BCUT2D eigenvalue weighted by Crippen LogP contribution is 2.31. The molecule has 2 amide bonds. The van der Waals surface area contributed by atoms with Gasteiger partial charge in [-0.05, 0) is 32.6 Å². The van der Waals surface area contributed by atoms with Crippen molar-refractivity contribution < 1.29 is 28.6 Å². The Balaban J connectivity index is 1.76. The van der Waals surface area contributed by atoms with Gasteiger partial charge in [0.1, 0.15) is 17.5 Å². The lowest BCUT2D eigenvalue weighted by atomic mass is 10.0. The summed E-state index contributed by atoms with van der Waals surface area (Å²) in [4.78, 5) is 38.4. The van der Waals surface area contributed by atoms with Gasteiger partial charge in [-0.3, -0.25) is 9.59 Å². The smallest absolute Gasteiger partial charge is 0.326 e. The van der Waals surface area contributed by atoms with E-state index in [0.717, 1.165) is 4.90 Å². The molecule has 9 heteroatoms. The van der Waals surface area contributed by atoms with Crippen LogP contribution >= 0.6 is 0 Å². The Morgan fingerprint density at radius 3 is 2.62 bits per heavy atom. The van der Waals surface area contributed by atoms with Crippen molar-refractivity contribution in [3.8, 4) is 5.75 Å². The number of hydrogen-bond donors (Lipinski definition) is 2. The second kappa shape index (κ2) is 10.2. The van der Waals surface area contributed by atoms with E-state index >= 15 is 0 Å². The molecule has 0 aromatic heterocycles. The quantitative estimate of drug-likeness (QED) is 0.558. The maximum Gasteiger partial charge on any atom is 0.326 e. The summed E-state index contributed by atoms with van der Waals surface area (Å²) in [7, 11) is 3.37. The zero-order chi connectivity index (χ0) is 21.4. The summed E-state index contributed by atoms with van der Waals surface area (Å²) < 4.78 is 20.4. The lowest BCUT2D eigenvalue weighted by Crippen LogP contribution is -2.46. The van der Waals surface area contributed by atoms with E-state index in [9.17, 15) is 23.9 Å². The van der Waals surface area contributed by atoms with Gasteiger partial charge in [0.25, 0.3) is 0 Å². The number of nitrogens with zero attached hydrogens (tertiary/aromatic N) is 2. The molecule has 29 heavy (non-hydrogen) atoms.